The molecule has 14 heavy (non-hydrogen) atoms. The Morgan fingerprint density at radius 2 is 2.29 bits per heavy atom. The molecule has 0 radical (unpaired) electrons. The maximum Gasteiger partial charge on any atom is 0.124 e. The molecule has 1 rings (SSSR count). The molecule has 0 bridgehead atoms. The minimum atomic E-state index is -0.216. The third-order valence-electron chi connectivity index (χ3n) is 1.86. The Bertz CT molecular complexity index is 312. The minimum Gasteiger partial charge on any atom is -0.312 e. The molecule has 0 spiro atoms. The van der Waals surface area contributed by atoms with E-state index in [1.807, 2.05) is 6.08 Å². The van der Waals surface area contributed by atoms with Crippen molar-refractivity contribution in [3.8, 4) is 0 Å². The number of hydrogen-bond acceptors (Lipinski definition) is 1. The lowest BCUT2D eigenvalue weighted by molar-refractivity contribution is 0.623. The second-order valence-electron chi connectivity index (χ2n) is 2.99. The summed E-state index contributed by atoms with van der Waals surface area (Å²) in [6, 6.07) is 4.72. The third-order valence-corrected chi connectivity index (χ3v) is 2.59. The molecule has 3 heteroatoms. The molecule has 1 N–H and O–H groups in total. The Morgan fingerprint density at radius 3 is 2.93 bits per heavy atom. The number of halogens is 2. The van der Waals surface area contributed by atoms with Gasteiger partial charge in [0.05, 0.1) is 0 Å². The molecule has 0 aliphatic heterocycles. The Morgan fingerprint density at radius 1 is 1.50 bits per heavy atom. The third kappa shape index (κ3) is 3.60. The highest BCUT2D eigenvalue weighted by atomic mass is 79.9. The fourth-order valence-electron chi connectivity index (χ4n) is 1.09. The number of rotatable bonds is 5. The van der Waals surface area contributed by atoms with Crippen LogP contribution in [0.2, 0.25) is 0 Å². The van der Waals surface area contributed by atoms with E-state index < -0.39 is 0 Å². The zero-order chi connectivity index (χ0) is 10.4. The molecule has 0 saturated carbocycles. The van der Waals surface area contributed by atoms with E-state index in [1.165, 1.54) is 12.1 Å². The van der Waals surface area contributed by atoms with Crippen LogP contribution < -0.4 is 5.32 Å². The Hall–Kier alpha value is -0.670. The smallest absolute Gasteiger partial charge is 0.124 e. The maximum absolute atomic E-state index is 12.7. The van der Waals surface area contributed by atoms with Crippen LogP contribution in [0.3, 0.4) is 0 Å². The van der Waals surface area contributed by atoms with Gasteiger partial charge in [0.1, 0.15) is 5.82 Å². The van der Waals surface area contributed by atoms with Crippen LogP contribution in [0.4, 0.5) is 4.39 Å². The molecule has 76 valence electrons. The van der Waals surface area contributed by atoms with Crippen LogP contribution in [-0.4, -0.2) is 6.54 Å². The lowest BCUT2D eigenvalue weighted by Gasteiger charge is -2.05. The van der Waals surface area contributed by atoms with Gasteiger partial charge in [-0.25, -0.2) is 4.39 Å². The van der Waals surface area contributed by atoms with Crippen LogP contribution in [0.5, 0.6) is 0 Å². The highest BCUT2D eigenvalue weighted by Gasteiger charge is 2.00. The molecule has 1 aromatic carbocycles. The Balaban J connectivity index is 2.46. The van der Waals surface area contributed by atoms with E-state index in [0.717, 1.165) is 29.5 Å². The first-order chi connectivity index (χ1) is 6.74. The molecule has 0 aliphatic carbocycles. The average molecular weight is 258 g/mol. The van der Waals surface area contributed by atoms with Crippen LogP contribution in [0, 0.1) is 5.82 Å². The summed E-state index contributed by atoms with van der Waals surface area (Å²) in [5.41, 5.74) is 1.07. The van der Waals surface area contributed by atoms with Gasteiger partial charge in [0.2, 0.25) is 0 Å². The van der Waals surface area contributed by atoms with Gasteiger partial charge in [-0.05, 0) is 30.7 Å². The van der Waals surface area contributed by atoms with E-state index >= 15 is 0 Å². The summed E-state index contributed by atoms with van der Waals surface area (Å²) < 4.78 is 13.5. The molecule has 0 atom stereocenters. The van der Waals surface area contributed by atoms with E-state index in [4.69, 9.17) is 0 Å². The topological polar surface area (TPSA) is 12.0 Å². The van der Waals surface area contributed by atoms with Crippen molar-refractivity contribution >= 4 is 15.9 Å². The van der Waals surface area contributed by atoms with Gasteiger partial charge in [-0.3, -0.25) is 0 Å². The first-order valence-corrected chi connectivity index (χ1v) is 5.29. The Kier molecular flexibility index (Phi) is 4.84. The molecule has 0 unspecified atom stereocenters. The van der Waals surface area contributed by atoms with Crippen LogP contribution in [0.15, 0.2) is 35.3 Å². The summed E-state index contributed by atoms with van der Waals surface area (Å²) in [6.07, 6.45) is 2.81. The van der Waals surface area contributed by atoms with Gasteiger partial charge in [0.25, 0.3) is 0 Å². The van der Waals surface area contributed by atoms with Gasteiger partial charge in [-0.2, -0.15) is 0 Å². The maximum atomic E-state index is 12.7. The van der Waals surface area contributed by atoms with Gasteiger partial charge < -0.3 is 5.32 Å². The fraction of sp³-hybridized carbons (Fsp3) is 0.273. The molecule has 1 nitrogen and oxygen atoms in total. The largest absolute Gasteiger partial charge is 0.312 e. The minimum absolute atomic E-state index is 0.216. The molecule has 0 fully saturated rings. The van der Waals surface area contributed by atoms with Gasteiger partial charge in [0, 0.05) is 11.0 Å². The molecular weight excluding hydrogens is 245 g/mol. The van der Waals surface area contributed by atoms with Crippen LogP contribution in [0.25, 0.3) is 0 Å². The quantitative estimate of drug-likeness (QED) is 0.631. The van der Waals surface area contributed by atoms with Crippen molar-refractivity contribution in [1.29, 1.82) is 0 Å². The van der Waals surface area contributed by atoms with Gasteiger partial charge in [0.15, 0.2) is 0 Å². The van der Waals surface area contributed by atoms with Crippen molar-refractivity contribution in [3.05, 3.63) is 46.7 Å². The predicted octanol–water partition coefficient (Wildman–Crippen LogP) is 3.25. The van der Waals surface area contributed by atoms with Gasteiger partial charge in [-0.15, -0.1) is 6.58 Å². The van der Waals surface area contributed by atoms with Crippen molar-refractivity contribution < 1.29 is 4.39 Å². The first kappa shape index (κ1) is 11.4. The molecule has 1 aromatic rings. The number of benzene rings is 1. The predicted molar refractivity (Wildman–Crippen MR) is 60.6 cm³/mol. The second-order valence-corrected chi connectivity index (χ2v) is 3.84. The molecule has 0 saturated heterocycles. The highest BCUT2D eigenvalue weighted by molar-refractivity contribution is 9.10. The average Bonchev–Trinajstić information content (AvgIpc) is 2.15. The van der Waals surface area contributed by atoms with Crippen molar-refractivity contribution in [3.63, 3.8) is 0 Å². The van der Waals surface area contributed by atoms with E-state index in [-0.39, 0.29) is 5.82 Å². The zero-order valence-electron chi connectivity index (χ0n) is 7.89. The van der Waals surface area contributed by atoms with Crippen LogP contribution in [0.1, 0.15) is 12.0 Å². The van der Waals surface area contributed by atoms with Crippen LogP contribution in [-0.2, 0) is 6.54 Å². The normalized spacial score (nSPS) is 10.1. The van der Waals surface area contributed by atoms with Crippen molar-refractivity contribution in [2.75, 3.05) is 6.54 Å². The second kappa shape index (κ2) is 5.94. The van der Waals surface area contributed by atoms with E-state index in [2.05, 4.69) is 27.8 Å². The van der Waals surface area contributed by atoms with Crippen molar-refractivity contribution in [2.45, 2.75) is 13.0 Å². The van der Waals surface area contributed by atoms with Crippen LogP contribution >= 0.6 is 15.9 Å². The monoisotopic (exact) mass is 257 g/mol. The first-order valence-electron chi connectivity index (χ1n) is 4.49. The lowest BCUT2D eigenvalue weighted by Crippen LogP contribution is -2.14. The van der Waals surface area contributed by atoms with E-state index in [0.29, 0.717) is 0 Å². The highest BCUT2D eigenvalue weighted by Crippen LogP contribution is 2.17. The standard InChI is InChI=1S/C11H13BrFN/c1-2-3-6-14-8-9-4-5-10(13)7-11(9)12/h2,4-5,7,14H,1,3,6,8H2. The van der Waals surface area contributed by atoms with E-state index in [9.17, 15) is 4.39 Å². The summed E-state index contributed by atoms with van der Waals surface area (Å²) in [5, 5.41) is 3.24. The van der Waals surface area contributed by atoms with Gasteiger partial charge in [-0.1, -0.05) is 28.1 Å². The molecular formula is C11H13BrFN. The summed E-state index contributed by atoms with van der Waals surface area (Å²) in [7, 11) is 0. The summed E-state index contributed by atoms with van der Waals surface area (Å²) in [4.78, 5) is 0. The molecule has 0 aromatic heterocycles. The van der Waals surface area contributed by atoms with Crippen molar-refractivity contribution in [2.24, 2.45) is 0 Å². The Labute approximate surface area is 92.1 Å². The number of nitrogens with one attached hydrogen (secondary N) is 1. The summed E-state index contributed by atoms with van der Waals surface area (Å²) >= 11 is 3.32. The SMILES string of the molecule is C=CCCNCc1ccc(F)cc1Br. The lowest BCUT2D eigenvalue weighted by atomic mass is 10.2. The van der Waals surface area contributed by atoms with E-state index in [1.54, 1.807) is 6.07 Å². The molecule has 0 aliphatic rings. The summed E-state index contributed by atoms with van der Waals surface area (Å²) in [5.74, 6) is -0.216. The molecule has 0 amide bonds. The molecule has 0 heterocycles. The van der Waals surface area contributed by atoms with Crippen molar-refractivity contribution in [1.82, 2.24) is 5.32 Å². The van der Waals surface area contributed by atoms with Gasteiger partial charge >= 0.3 is 0 Å². The zero-order valence-corrected chi connectivity index (χ0v) is 9.48. The fourth-order valence-corrected chi connectivity index (χ4v) is 1.58. The summed E-state index contributed by atoms with van der Waals surface area (Å²) in [6.45, 7) is 5.28. The number of hydrogen-bond donors (Lipinski definition) is 1.